The van der Waals surface area contributed by atoms with E-state index >= 15 is 0 Å². The number of sulfonamides is 1. The minimum atomic E-state index is -3.50. The summed E-state index contributed by atoms with van der Waals surface area (Å²) in [5, 5.41) is 2.39. The summed E-state index contributed by atoms with van der Waals surface area (Å²) in [5.41, 5.74) is 3.90. The Labute approximate surface area is 158 Å². The molecule has 0 bridgehead atoms. The predicted molar refractivity (Wildman–Crippen MR) is 107 cm³/mol. The van der Waals surface area contributed by atoms with Crippen molar-refractivity contribution in [1.29, 1.82) is 0 Å². The molecular formula is C21H19NO2S2. The zero-order valence-electron chi connectivity index (χ0n) is 14.3. The molecule has 1 fully saturated rings. The van der Waals surface area contributed by atoms with Crippen LogP contribution < -0.4 is 0 Å². The van der Waals surface area contributed by atoms with Crippen LogP contribution >= 0.6 is 11.8 Å². The van der Waals surface area contributed by atoms with Gasteiger partial charge in [-0.05, 0) is 52.4 Å². The first-order valence-corrected chi connectivity index (χ1v) is 11.4. The van der Waals surface area contributed by atoms with Crippen LogP contribution in [0, 0.1) is 0 Å². The first-order valence-electron chi connectivity index (χ1n) is 8.88. The Morgan fingerprint density at radius 3 is 2.46 bits per heavy atom. The Morgan fingerprint density at radius 2 is 1.65 bits per heavy atom. The summed E-state index contributed by atoms with van der Waals surface area (Å²) in [7, 11) is -3.50. The van der Waals surface area contributed by atoms with Crippen LogP contribution in [0.5, 0.6) is 0 Å². The first-order chi connectivity index (χ1) is 12.7. The number of rotatable bonds is 3. The molecule has 132 valence electrons. The highest BCUT2D eigenvalue weighted by Crippen LogP contribution is 2.45. The molecule has 1 saturated heterocycles. The summed E-state index contributed by atoms with van der Waals surface area (Å²) in [6.45, 7) is 0.551. The molecule has 0 amide bonds. The summed E-state index contributed by atoms with van der Waals surface area (Å²) < 4.78 is 28.1. The van der Waals surface area contributed by atoms with Crippen molar-refractivity contribution in [3.63, 3.8) is 0 Å². The largest absolute Gasteiger partial charge is 0.244 e. The van der Waals surface area contributed by atoms with Crippen LogP contribution in [-0.4, -0.2) is 25.0 Å². The zero-order valence-corrected chi connectivity index (χ0v) is 15.9. The minimum absolute atomic E-state index is 0.162. The highest BCUT2D eigenvalue weighted by Gasteiger charge is 2.37. The van der Waals surface area contributed by atoms with E-state index in [4.69, 9.17) is 0 Å². The van der Waals surface area contributed by atoms with E-state index < -0.39 is 10.0 Å². The van der Waals surface area contributed by atoms with Crippen LogP contribution in [0.4, 0.5) is 0 Å². The molecule has 1 heterocycles. The third-order valence-corrected chi connectivity index (χ3v) is 8.63. The molecule has 5 heteroatoms. The molecule has 3 aromatic rings. The van der Waals surface area contributed by atoms with Gasteiger partial charge in [-0.3, -0.25) is 0 Å². The lowest BCUT2D eigenvalue weighted by Gasteiger charge is -2.25. The van der Waals surface area contributed by atoms with E-state index in [0.717, 1.165) is 24.2 Å². The molecule has 3 aromatic carbocycles. The second kappa shape index (κ2) is 6.12. The molecule has 0 saturated carbocycles. The maximum atomic E-state index is 13.2. The number of thioether (sulfide) groups is 1. The van der Waals surface area contributed by atoms with Crippen molar-refractivity contribution in [2.24, 2.45) is 0 Å². The van der Waals surface area contributed by atoms with Gasteiger partial charge in [-0.25, -0.2) is 8.42 Å². The normalized spacial score (nSPS) is 20.1. The fourth-order valence-electron chi connectivity index (χ4n) is 4.16. The fraction of sp³-hybridized carbons (Fsp3) is 0.238. The van der Waals surface area contributed by atoms with Gasteiger partial charge in [0, 0.05) is 12.3 Å². The highest BCUT2D eigenvalue weighted by molar-refractivity contribution is 8.01. The van der Waals surface area contributed by atoms with Gasteiger partial charge in [0.25, 0.3) is 0 Å². The van der Waals surface area contributed by atoms with Gasteiger partial charge in [0.15, 0.2) is 0 Å². The second-order valence-corrected chi connectivity index (χ2v) is 9.88. The number of benzene rings is 3. The molecule has 0 radical (unpaired) electrons. The van der Waals surface area contributed by atoms with Crippen molar-refractivity contribution in [3.8, 4) is 0 Å². The summed E-state index contributed by atoms with van der Waals surface area (Å²) in [6.07, 6.45) is 2.17. The molecule has 1 atom stereocenters. The smallest absolute Gasteiger partial charge is 0.207 e. The summed E-state index contributed by atoms with van der Waals surface area (Å²) in [5.74, 6) is 0.819. The molecular weight excluding hydrogens is 362 g/mol. The van der Waals surface area contributed by atoms with Crippen LogP contribution in [0.1, 0.15) is 22.1 Å². The number of hydrogen-bond donors (Lipinski definition) is 0. The van der Waals surface area contributed by atoms with Gasteiger partial charge in [0.05, 0.1) is 10.3 Å². The van der Waals surface area contributed by atoms with Crippen molar-refractivity contribution in [2.75, 3.05) is 12.3 Å². The van der Waals surface area contributed by atoms with E-state index in [9.17, 15) is 8.42 Å². The number of nitrogens with zero attached hydrogens (tertiary/aromatic N) is 1. The topological polar surface area (TPSA) is 37.4 Å². The van der Waals surface area contributed by atoms with Crippen LogP contribution in [0.25, 0.3) is 10.8 Å². The molecule has 0 unspecified atom stereocenters. The first kappa shape index (κ1) is 16.4. The van der Waals surface area contributed by atoms with E-state index in [1.54, 1.807) is 40.3 Å². The summed E-state index contributed by atoms with van der Waals surface area (Å²) >= 11 is 1.72. The molecule has 1 aliphatic carbocycles. The van der Waals surface area contributed by atoms with Gasteiger partial charge in [-0.1, -0.05) is 48.5 Å². The van der Waals surface area contributed by atoms with Crippen LogP contribution in [-0.2, 0) is 22.9 Å². The predicted octanol–water partition coefficient (Wildman–Crippen LogP) is 4.37. The summed E-state index contributed by atoms with van der Waals surface area (Å²) in [6, 6.07) is 19.6. The second-order valence-electron chi connectivity index (χ2n) is 6.81. The SMILES string of the molecule is O=S(=O)(c1ccccc1)N1CCS[C@@H]1c1ccc2c3c(cccc13)CC2. The number of aryl methyl sites for hydroxylation is 2. The van der Waals surface area contributed by atoms with E-state index in [1.807, 2.05) is 6.07 Å². The van der Waals surface area contributed by atoms with Crippen molar-refractivity contribution >= 4 is 32.6 Å². The van der Waals surface area contributed by atoms with Crippen LogP contribution in [0.15, 0.2) is 65.6 Å². The van der Waals surface area contributed by atoms with Gasteiger partial charge in [0.2, 0.25) is 10.0 Å². The Hall–Kier alpha value is -1.82. The van der Waals surface area contributed by atoms with E-state index in [1.165, 1.54) is 21.9 Å². The van der Waals surface area contributed by atoms with E-state index in [0.29, 0.717) is 11.4 Å². The average molecular weight is 382 g/mol. The number of hydrogen-bond acceptors (Lipinski definition) is 3. The Morgan fingerprint density at radius 1 is 0.885 bits per heavy atom. The third-order valence-electron chi connectivity index (χ3n) is 5.38. The zero-order chi connectivity index (χ0) is 17.7. The lowest BCUT2D eigenvalue weighted by molar-refractivity contribution is 0.435. The monoisotopic (exact) mass is 381 g/mol. The van der Waals surface area contributed by atoms with Crippen LogP contribution in [0.3, 0.4) is 0 Å². The fourth-order valence-corrected chi connectivity index (χ4v) is 7.45. The molecule has 0 spiro atoms. The third kappa shape index (κ3) is 2.42. The van der Waals surface area contributed by atoms with Crippen molar-refractivity contribution < 1.29 is 8.42 Å². The van der Waals surface area contributed by atoms with Gasteiger partial charge in [0.1, 0.15) is 0 Å². The highest BCUT2D eigenvalue weighted by atomic mass is 32.2. The molecule has 0 aromatic heterocycles. The molecule has 2 aliphatic rings. The molecule has 3 nitrogen and oxygen atoms in total. The molecule has 5 rings (SSSR count). The lowest BCUT2D eigenvalue weighted by atomic mass is 10.00. The van der Waals surface area contributed by atoms with Crippen molar-refractivity contribution in [1.82, 2.24) is 4.31 Å². The summed E-state index contributed by atoms with van der Waals surface area (Å²) in [4.78, 5) is 0.374. The van der Waals surface area contributed by atoms with Crippen LogP contribution in [0.2, 0.25) is 0 Å². The standard InChI is InChI=1S/C21H19NO2S2/c23-26(24,17-6-2-1-3-7-17)22-13-14-25-21(22)19-12-11-16-10-9-15-5-4-8-18(19)20(15)16/h1-8,11-12,21H,9-10,13-14H2/t21-/m1/s1. The van der Waals surface area contributed by atoms with E-state index in [2.05, 4.69) is 30.3 Å². The van der Waals surface area contributed by atoms with E-state index in [-0.39, 0.29) is 5.37 Å². The Bertz CT molecular complexity index is 1080. The minimum Gasteiger partial charge on any atom is -0.207 e. The molecule has 0 N–H and O–H groups in total. The van der Waals surface area contributed by atoms with Gasteiger partial charge >= 0.3 is 0 Å². The van der Waals surface area contributed by atoms with Gasteiger partial charge < -0.3 is 0 Å². The average Bonchev–Trinajstić information content (AvgIpc) is 3.32. The van der Waals surface area contributed by atoms with Gasteiger partial charge in [-0.15, -0.1) is 11.8 Å². The van der Waals surface area contributed by atoms with Crippen molar-refractivity contribution in [3.05, 3.63) is 77.4 Å². The Kier molecular flexibility index (Phi) is 3.85. The van der Waals surface area contributed by atoms with Gasteiger partial charge in [-0.2, -0.15) is 4.31 Å². The quantitative estimate of drug-likeness (QED) is 0.676. The maximum absolute atomic E-state index is 13.2. The molecule has 26 heavy (non-hydrogen) atoms. The lowest BCUT2D eigenvalue weighted by Crippen LogP contribution is -2.30. The Balaban J connectivity index is 1.64. The van der Waals surface area contributed by atoms with Crippen molar-refractivity contribution in [2.45, 2.75) is 23.1 Å². The molecule has 1 aliphatic heterocycles. The maximum Gasteiger partial charge on any atom is 0.244 e.